The Bertz CT molecular complexity index is 490. The Labute approximate surface area is 126 Å². The molecule has 0 spiro atoms. The number of carbonyl (C=O) groups excluding carboxylic acids is 1. The summed E-state index contributed by atoms with van der Waals surface area (Å²) in [5, 5.41) is 11.8. The van der Waals surface area contributed by atoms with Gasteiger partial charge in [0.25, 0.3) is 0 Å². The zero-order valence-electron chi connectivity index (χ0n) is 11.3. The largest absolute Gasteiger partial charge is 0.481 e. The fourth-order valence-electron chi connectivity index (χ4n) is 2.14. The Balaban J connectivity index is 1.90. The van der Waals surface area contributed by atoms with Crippen LogP contribution >= 0.6 is 23.1 Å². The summed E-state index contributed by atoms with van der Waals surface area (Å²) in [6, 6.07) is 3.65. The highest BCUT2D eigenvalue weighted by Crippen LogP contribution is 2.20. The lowest BCUT2D eigenvalue weighted by Gasteiger charge is -2.34. The summed E-state index contributed by atoms with van der Waals surface area (Å²) >= 11 is 3.36. The van der Waals surface area contributed by atoms with Crippen LogP contribution in [0.15, 0.2) is 12.1 Å². The van der Waals surface area contributed by atoms with Gasteiger partial charge in [-0.05, 0) is 19.1 Å². The maximum absolute atomic E-state index is 12.2. The van der Waals surface area contributed by atoms with Gasteiger partial charge < -0.3 is 15.3 Å². The van der Waals surface area contributed by atoms with E-state index in [0.717, 1.165) is 10.6 Å². The van der Waals surface area contributed by atoms with Crippen molar-refractivity contribution in [1.82, 2.24) is 10.2 Å². The predicted molar refractivity (Wildman–Crippen MR) is 81.4 cm³/mol. The first-order valence-corrected chi connectivity index (χ1v) is 8.42. The molecule has 2 heterocycles. The van der Waals surface area contributed by atoms with Crippen LogP contribution in [-0.2, 0) is 11.3 Å². The third-order valence-electron chi connectivity index (χ3n) is 3.11. The fourth-order valence-corrected chi connectivity index (χ4v) is 4.03. The Morgan fingerprint density at radius 3 is 2.95 bits per heavy atom. The quantitative estimate of drug-likeness (QED) is 0.893. The van der Waals surface area contributed by atoms with Crippen molar-refractivity contribution in [2.75, 3.05) is 18.1 Å². The summed E-state index contributed by atoms with van der Waals surface area (Å²) in [5.41, 5.74) is 0. The number of nitrogens with zero attached hydrogens (tertiary/aromatic N) is 1. The molecule has 1 unspecified atom stereocenters. The summed E-state index contributed by atoms with van der Waals surface area (Å²) in [5.74, 6) is 0.698. The number of rotatable bonds is 4. The van der Waals surface area contributed by atoms with E-state index >= 15 is 0 Å². The summed E-state index contributed by atoms with van der Waals surface area (Å²) < 4.78 is 0. The summed E-state index contributed by atoms with van der Waals surface area (Å²) in [4.78, 5) is 27.0. The van der Waals surface area contributed by atoms with Crippen molar-refractivity contribution in [1.29, 1.82) is 0 Å². The Morgan fingerprint density at radius 1 is 1.50 bits per heavy atom. The third kappa shape index (κ3) is 4.14. The highest BCUT2D eigenvalue weighted by atomic mass is 32.2. The number of nitrogens with one attached hydrogen (secondary N) is 1. The predicted octanol–water partition coefficient (Wildman–Crippen LogP) is 2.16. The monoisotopic (exact) mass is 314 g/mol. The van der Waals surface area contributed by atoms with E-state index in [1.54, 1.807) is 28.0 Å². The van der Waals surface area contributed by atoms with Crippen molar-refractivity contribution >= 4 is 35.1 Å². The molecule has 20 heavy (non-hydrogen) atoms. The molecular weight excluding hydrogens is 296 g/mol. The van der Waals surface area contributed by atoms with E-state index in [2.05, 4.69) is 5.32 Å². The first-order valence-electron chi connectivity index (χ1n) is 6.45. The number of hydrogen-bond acceptors (Lipinski definition) is 4. The van der Waals surface area contributed by atoms with Crippen LogP contribution in [-0.4, -0.2) is 46.1 Å². The minimum absolute atomic E-state index is 0.0124. The van der Waals surface area contributed by atoms with Crippen LogP contribution in [0.5, 0.6) is 0 Å². The highest BCUT2D eigenvalue weighted by Gasteiger charge is 2.28. The lowest BCUT2D eigenvalue weighted by Crippen LogP contribution is -2.51. The molecular formula is C13H18N2O3S2. The van der Waals surface area contributed by atoms with Crippen LogP contribution in [0.1, 0.15) is 16.2 Å². The molecule has 2 rings (SSSR count). The molecule has 1 fully saturated rings. The lowest BCUT2D eigenvalue weighted by molar-refractivity contribution is -0.137. The zero-order chi connectivity index (χ0) is 14.5. The lowest BCUT2D eigenvalue weighted by atomic mass is 10.2. The van der Waals surface area contributed by atoms with Gasteiger partial charge in [0.1, 0.15) is 0 Å². The van der Waals surface area contributed by atoms with Gasteiger partial charge >= 0.3 is 12.0 Å². The molecule has 1 saturated heterocycles. The molecule has 5 nitrogen and oxygen atoms in total. The Morgan fingerprint density at radius 2 is 2.30 bits per heavy atom. The minimum Gasteiger partial charge on any atom is -0.481 e. The first-order chi connectivity index (χ1) is 9.56. The smallest absolute Gasteiger partial charge is 0.318 e. The van der Waals surface area contributed by atoms with E-state index in [0.29, 0.717) is 18.8 Å². The van der Waals surface area contributed by atoms with E-state index in [-0.39, 0.29) is 18.5 Å². The van der Waals surface area contributed by atoms with Gasteiger partial charge in [0.2, 0.25) is 0 Å². The van der Waals surface area contributed by atoms with Gasteiger partial charge in [-0.25, -0.2) is 4.79 Å². The second kappa shape index (κ2) is 6.99. The van der Waals surface area contributed by atoms with Crippen molar-refractivity contribution < 1.29 is 14.7 Å². The van der Waals surface area contributed by atoms with Crippen LogP contribution in [0.2, 0.25) is 0 Å². The van der Waals surface area contributed by atoms with E-state index < -0.39 is 5.97 Å². The molecule has 1 aliphatic rings. The SMILES string of the molecule is Cc1ccc(CNC(=O)N2CCSCC2CC(=O)O)s1. The van der Waals surface area contributed by atoms with Crippen molar-refractivity contribution in [3.8, 4) is 0 Å². The van der Waals surface area contributed by atoms with E-state index in [9.17, 15) is 9.59 Å². The summed E-state index contributed by atoms with van der Waals surface area (Å²) in [7, 11) is 0. The number of hydrogen-bond donors (Lipinski definition) is 2. The number of amides is 2. The van der Waals surface area contributed by atoms with Crippen LogP contribution in [0, 0.1) is 6.92 Å². The molecule has 7 heteroatoms. The van der Waals surface area contributed by atoms with E-state index in [4.69, 9.17) is 5.11 Å². The molecule has 0 saturated carbocycles. The summed E-state index contributed by atoms with van der Waals surface area (Å²) in [6.45, 7) is 3.14. The molecule has 2 N–H and O–H groups in total. The van der Waals surface area contributed by atoms with Crippen LogP contribution in [0.3, 0.4) is 0 Å². The number of aryl methyl sites for hydroxylation is 1. The van der Waals surface area contributed by atoms with Gasteiger partial charge in [-0.1, -0.05) is 0 Å². The fraction of sp³-hybridized carbons (Fsp3) is 0.538. The highest BCUT2D eigenvalue weighted by molar-refractivity contribution is 7.99. The van der Waals surface area contributed by atoms with Gasteiger partial charge in [0, 0.05) is 27.8 Å². The molecule has 1 aliphatic heterocycles. The Hall–Kier alpha value is -1.21. The zero-order valence-corrected chi connectivity index (χ0v) is 12.9. The normalized spacial score (nSPS) is 18.9. The molecule has 0 aromatic carbocycles. The van der Waals surface area contributed by atoms with Crippen molar-refractivity contribution in [2.24, 2.45) is 0 Å². The van der Waals surface area contributed by atoms with Crippen molar-refractivity contribution in [3.63, 3.8) is 0 Å². The second-order valence-corrected chi connectivity index (χ2v) is 7.21. The molecule has 0 radical (unpaired) electrons. The first kappa shape index (κ1) is 15.2. The molecule has 0 bridgehead atoms. The third-order valence-corrected chi connectivity index (χ3v) is 5.20. The van der Waals surface area contributed by atoms with Crippen LogP contribution in [0.25, 0.3) is 0 Å². The number of carboxylic acids is 1. The number of urea groups is 1. The average Bonchev–Trinajstić information content (AvgIpc) is 2.82. The number of carbonyl (C=O) groups is 2. The Kier molecular flexibility index (Phi) is 5.31. The topological polar surface area (TPSA) is 69.6 Å². The van der Waals surface area contributed by atoms with Crippen molar-refractivity contribution in [2.45, 2.75) is 25.9 Å². The van der Waals surface area contributed by atoms with Crippen molar-refractivity contribution in [3.05, 3.63) is 21.9 Å². The number of aliphatic carboxylic acids is 1. The van der Waals surface area contributed by atoms with Crippen LogP contribution < -0.4 is 5.32 Å². The van der Waals surface area contributed by atoms with Gasteiger partial charge in [-0.2, -0.15) is 11.8 Å². The van der Waals surface area contributed by atoms with E-state index in [1.165, 1.54) is 4.88 Å². The maximum Gasteiger partial charge on any atom is 0.318 e. The van der Waals surface area contributed by atoms with Gasteiger partial charge in [-0.15, -0.1) is 11.3 Å². The second-order valence-electron chi connectivity index (χ2n) is 4.69. The standard InChI is InChI=1S/C13H18N2O3S2/c1-9-2-3-11(20-9)7-14-13(18)15-4-5-19-8-10(15)6-12(16)17/h2-3,10H,4-8H2,1H3,(H,14,18)(H,16,17). The number of thioether (sulfide) groups is 1. The number of thiophene rings is 1. The molecule has 0 aliphatic carbocycles. The van der Waals surface area contributed by atoms with Gasteiger partial charge in [-0.3, -0.25) is 4.79 Å². The molecule has 1 aromatic rings. The van der Waals surface area contributed by atoms with Crippen LogP contribution in [0.4, 0.5) is 4.79 Å². The average molecular weight is 314 g/mol. The summed E-state index contributed by atoms with van der Waals surface area (Å²) in [6.07, 6.45) is 0.0124. The van der Waals surface area contributed by atoms with E-state index in [1.807, 2.05) is 19.1 Å². The maximum atomic E-state index is 12.2. The number of carboxylic acid groups (broad SMARTS) is 1. The molecule has 1 aromatic heterocycles. The molecule has 110 valence electrons. The van der Waals surface area contributed by atoms with Gasteiger partial charge in [0.05, 0.1) is 19.0 Å². The molecule has 2 amide bonds. The molecule has 1 atom stereocenters. The van der Waals surface area contributed by atoms with Gasteiger partial charge in [0.15, 0.2) is 0 Å². The minimum atomic E-state index is -0.857.